The van der Waals surface area contributed by atoms with E-state index in [0.717, 1.165) is 12.3 Å². The zero-order valence-corrected chi connectivity index (χ0v) is 9.84. The van der Waals surface area contributed by atoms with Gasteiger partial charge in [-0.05, 0) is 24.7 Å². The Bertz CT molecular complexity index is 144. The molecule has 0 heterocycles. The van der Waals surface area contributed by atoms with Crippen LogP contribution in [0.5, 0.6) is 0 Å². The van der Waals surface area contributed by atoms with Gasteiger partial charge in [-0.3, -0.25) is 0 Å². The average molecular weight is 198 g/mol. The largest absolute Gasteiger partial charge is 0.393 e. The summed E-state index contributed by atoms with van der Waals surface area (Å²) in [4.78, 5) is 0. The summed E-state index contributed by atoms with van der Waals surface area (Å²) >= 11 is 0. The molecule has 0 bridgehead atoms. The van der Waals surface area contributed by atoms with Crippen LogP contribution in [0, 0.1) is 11.8 Å². The minimum absolute atomic E-state index is 0.0153. The highest BCUT2D eigenvalue weighted by Crippen LogP contribution is 2.36. The van der Waals surface area contributed by atoms with Crippen LogP contribution < -0.4 is 0 Å². The lowest BCUT2D eigenvalue weighted by molar-refractivity contribution is 0.0919. The monoisotopic (exact) mass is 198 g/mol. The number of unbranched alkanes of at least 4 members (excludes halogenated alkanes) is 2. The van der Waals surface area contributed by atoms with Crippen molar-refractivity contribution in [1.29, 1.82) is 0 Å². The van der Waals surface area contributed by atoms with Crippen molar-refractivity contribution in [3.8, 4) is 0 Å². The lowest BCUT2D eigenvalue weighted by Crippen LogP contribution is -2.22. The van der Waals surface area contributed by atoms with Crippen LogP contribution in [0.25, 0.3) is 0 Å². The summed E-state index contributed by atoms with van der Waals surface area (Å²) < 4.78 is 0. The fourth-order valence-corrected chi connectivity index (χ4v) is 2.90. The molecule has 1 fully saturated rings. The normalized spacial score (nSPS) is 29.4. The fraction of sp³-hybridized carbons (Fsp3) is 1.00. The van der Waals surface area contributed by atoms with Crippen molar-refractivity contribution in [2.75, 3.05) is 0 Å². The van der Waals surface area contributed by atoms with Crippen LogP contribution in [-0.4, -0.2) is 11.2 Å². The van der Waals surface area contributed by atoms with E-state index in [1.807, 2.05) is 0 Å². The molecule has 84 valence electrons. The Hall–Kier alpha value is -0.0400. The quantitative estimate of drug-likeness (QED) is 0.644. The minimum Gasteiger partial charge on any atom is -0.393 e. The van der Waals surface area contributed by atoms with E-state index in [2.05, 4.69) is 13.8 Å². The lowest BCUT2D eigenvalue weighted by atomic mass is 9.83. The lowest BCUT2D eigenvalue weighted by Gasteiger charge is -2.25. The maximum absolute atomic E-state index is 9.85. The van der Waals surface area contributed by atoms with E-state index >= 15 is 0 Å². The molecule has 3 atom stereocenters. The highest BCUT2D eigenvalue weighted by atomic mass is 16.3. The Morgan fingerprint density at radius 3 is 2.50 bits per heavy atom. The van der Waals surface area contributed by atoms with Crippen molar-refractivity contribution in [3.05, 3.63) is 0 Å². The van der Waals surface area contributed by atoms with Crippen LogP contribution in [0.4, 0.5) is 0 Å². The number of aliphatic hydroxyl groups is 1. The zero-order chi connectivity index (χ0) is 10.4. The Balaban J connectivity index is 2.29. The number of hydrogen-bond acceptors (Lipinski definition) is 1. The van der Waals surface area contributed by atoms with E-state index in [-0.39, 0.29) is 6.10 Å². The van der Waals surface area contributed by atoms with Crippen molar-refractivity contribution < 1.29 is 5.11 Å². The number of hydrogen-bond donors (Lipinski definition) is 1. The summed E-state index contributed by atoms with van der Waals surface area (Å²) in [6.07, 6.45) is 10.2. The molecule has 0 radical (unpaired) electrons. The van der Waals surface area contributed by atoms with E-state index < -0.39 is 0 Å². The fourth-order valence-electron chi connectivity index (χ4n) is 2.90. The first-order valence-electron chi connectivity index (χ1n) is 6.47. The predicted molar refractivity (Wildman–Crippen MR) is 61.3 cm³/mol. The SMILES string of the molecule is CCCCC[C@H](CC)[C@H]1CCC[C@@H]1O. The molecule has 1 saturated carbocycles. The highest BCUT2D eigenvalue weighted by molar-refractivity contribution is 4.81. The van der Waals surface area contributed by atoms with E-state index in [4.69, 9.17) is 0 Å². The first-order valence-corrected chi connectivity index (χ1v) is 6.47. The predicted octanol–water partition coefficient (Wildman–Crippen LogP) is 3.75. The highest BCUT2D eigenvalue weighted by Gasteiger charge is 2.30. The van der Waals surface area contributed by atoms with Gasteiger partial charge in [0.25, 0.3) is 0 Å². The molecule has 1 aliphatic rings. The van der Waals surface area contributed by atoms with Crippen LogP contribution in [-0.2, 0) is 0 Å². The first kappa shape index (κ1) is 12.0. The molecule has 1 rings (SSSR count). The molecular weight excluding hydrogens is 172 g/mol. The van der Waals surface area contributed by atoms with Crippen LogP contribution in [0.1, 0.15) is 65.2 Å². The second-order valence-electron chi connectivity index (χ2n) is 4.83. The van der Waals surface area contributed by atoms with Crippen molar-refractivity contribution in [3.63, 3.8) is 0 Å². The van der Waals surface area contributed by atoms with E-state index in [9.17, 15) is 5.11 Å². The Kier molecular flexibility index (Phi) is 5.54. The second kappa shape index (κ2) is 6.44. The molecule has 0 spiro atoms. The molecule has 1 nitrogen and oxygen atoms in total. The van der Waals surface area contributed by atoms with Gasteiger partial charge in [-0.1, -0.05) is 52.4 Å². The molecular formula is C13H26O. The van der Waals surface area contributed by atoms with Crippen molar-refractivity contribution >= 4 is 0 Å². The average Bonchev–Trinajstić information content (AvgIpc) is 2.60. The van der Waals surface area contributed by atoms with Crippen molar-refractivity contribution in [1.82, 2.24) is 0 Å². The van der Waals surface area contributed by atoms with Gasteiger partial charge in [-0.2, -0.15) is 0 Å². The van der Waals surface area contributed by atoms with E-state index in [1.165, 1.54) is 44.9 Å². The summed E-state index contributed by atoms with van der Waals surface area (Å²) in [5.74, 6) is 1.41. The Morgan fingerprint density at radius 2 is 2.00 bits per heavy atom. The van der Waals surface area contributed by atoms with Crippen LogP contribution in [0.2, 0.25) is 0 Å². The summed E-state index contributed by atoms with van der Waals surface area (Å²) in [7, 11) is 0. The van der Waals surface area contributed by atoms with Crippen LogP contribution in [0.15, 0.2) is 0 Å². The van der Waals surface area contributed by atoms with Gasteiger partial charge in [0.2, 0.25) is 0 Å². The van der Waals surface area contributed by atoms with Crippen molar-refractivity contribution in [2.24, 2.45) is 11.8 Å². The number of rotatable bonds is 6. The number of aliphatic hydroxyl groups excluding tert-OH is 1. The van der Waals surface area contributed by atoms with E-state index in [0.29, 0.717) is 5.92 Å². The van der Waals surface area contributed by atoms with Gasteiger partial charge < -0.3 is 5.11 Å². The maximum atomic E-state index is 9.85. The topological polar surface area (TPSA) is 20.2 Å². The summed E-state index contributed by atoms with van der Waals surface area (Å²) in [5.41, 5.74) is 0. The second-order valence-corrected chi connectivity index (χ2v) is 4.83. The van der Waals surface area contributed by atoms with Crippen LogP contribution >= 0.6 is 0 Å². The minimum atomic E-state index is 0.0153. The van der Waals surface area contributed by atoms with Gasteiger partial charge in [0.1, 0.15) is 0 Å². The Morgan fingerprint density at radius 1 is 1.21 bits per heavy atom. The molecule has 0 amide bonds. The molecule has 0 aromatic rings. The molecule has 14 heavy (non-hydrogen) atoms. The molecule has 0 aromatic heterocycles. The van der Waals surface area contributed by atoms with Gasteiger partial charge >= 0.3 is 0 Å². The molecule has 0 aromatic carbocycles. The molecule has 1 aliphatic carbocycles. The third-order valence-electron chi connectivity index (χ3n) is 3.84. The molecule has 1 heteroatoms. The summed E-state index contributed by atoms with van der Waals surface area (Å²) in [5, 5.41) is 9.85. The summed E-state index contributed by atoms with van der Waals surface area (Å²) in [6, 6.07) is 0. The maximum Gasteiger partial charge on any atom is 0.0571 e. The van der Waals surface area contributed by atoms with Gasteiger partial charge in [-0.25, -0.2) is 0 Å². The molecule has 1 N–H and O–H groups in total. The zero-order valence-electron chi connectivity index (χ0n) is 9.84. The third kappa shape index (κ3) is 3.27. The van der Waals surface area contributed by atoms with Crippen molar-refractivity contribution in [2.45, 2.75) is 71.3 Å². The Labute approximate surface area is 88.9 Å². The molecule has 0 aliphatic heterocycles. The van der Waals surface area contributed by atoms with Gasteiger partial charge in [-0.15, -0.1) is 0 Å². The summed E-state index contributed by atoms with van der Waals surface area (Å²) in [6.45, 7) is 4.53. The first-order chi connectivity index (χ1) is 6.79. The molecule has 0 saturated heterocycles. The molecule has 0 unspecified atom stereocenters. The smallest absolute Gasteiger partial charge is 0.0571 e. The third-order valence-corrected chi connectivity index (χ3v) is 3.84. The standard InChI is InChI=1S/C13H26O/c1-3-5-6-8-11(4-2)12-9-7-10-13(12)14/h11-14H,3-10H2,1-2H3/t11-,12+,13-/m0/s1. The van der Waals surface area contributed by atoms with Gasteiger partial charge in [0.15, 0.2) is 0 Å². The van der Waals surface area contributed by atoms with E-state index in [1.54, 1.807) is 0 Å². The van der Waals surface area contributed by atoms with Gasteiger partial charge in [0.05, 0.1) is 6.10 Å². The van der Waals surface area contributed by atoms with Crippen LogP contribution in [0.3, 0.4) is 0 Å². The van der Waals surface area contributed by atoms with Gasteiger partial charge in [0, 0.05) is 0 Å².